The maximum atomic E-state index is 12.7. The molecule has 3 aromatic rings. The highest BCUT2D eigenvalue weighted by Crippen LogP contribution is 2.24. The van der Waals surface area contributed by atoms with Crippen LogP contribution in [-0.2, 0) is 6.54 Å². The minimum Gasteiger partial charge on any atom is -0.347 e. The van der Waals surface area contributed by atoms with Gasteiger partial charge in [-0.15, -0.1) is 0 Å². The van der Waals surface area contributed by atoms with Crippen molar-refractivity contribution in [3.8, 4) is 0 Å². The molecule has 4 rings (SSSR count). The highest BCUT2D eigenvalue weighted by atomic mass is 16.1. The van der Waals surface area contributed by atoms with E-state index in [2.05, 4.69) is 15.5 Å². The summed E-state index contributed by atoms with van der Waals surface area (Å²) in [5, 5.41) is 1.06. The zero-order chi connectivity index (χ0) is 20.9. The highest BCUT2D eigenvalue weighted by Gasteiger charge is 2.25. The van der Waals surface area contributed by atoms with Gasteiger partial charge in [0.25, 0.3) is 0 Å². The Morgan fingerprint density at radius 2 is 1.63 bits per heavy atom. The van der Waals surface area contributed by atoms with Gasteiger partial charge in [-0.1, -0.05) is 55.5 Å². The smallest absolute Gasteiger partial charge is 0.166 e. The van der Waals surface area contributed by atoms with E-state index in [4.69, 9.17) is 0 Å². The van der Waals surface area contributed by atoms with Crippen LogP contribution in [0.5, 0.6) is 0 Å². The van der Waals surface area contributed by atoms with Crippen LogP contribution in [0.4, 0.5) is 0 Å². The largest absolute Gasteiger partial charge is 0.347 e. The van der Waals surface area contributed by atoms with Crippen molar-refractivity contribution in [2.45, 2.75) is 39.2 Å². The molecule has 0 saturated carbocycles. The number of benzene rings is 2. The molecule has 1 aliphatic heterocycles. The molecule has 4 heteroatoms. The van der Waals surface area contributed by atoms with Crippen molar-refractivity contribution in [2.75, 3.05) is 19.6 Å². The highest BCUT2D eigenvalue weighted by molar-refractivity contribution is 6.08. The van der Waals surface area contributed by atoms with Crippen molar-refractivity contribution < 1.29 is 9.59 Å². The van der Waals surface area contributed by atoms with Gasteiger partial charge in [0.2, 0.25) is 0 Å². The molecule has 156 valence electrons. The molecule has 1 saturated heterocycles. The van der Waals surface area contributed by atoms with Crippen molar-refractivity contribution in [1.29, 1.82) is 0 Å². The summed E-state index contributed by atoms with van der Waals surface area (Å²) < 4.78 is 2.23. The number of rotatable bonds is 8. The van der Waals surface area contributed by atoms with Gasteiger partial charge in [-0.2, -0.15) is 0 Å². The van der Waals surface area contributed by atoms with E-state index in [9.17, 15) is 9.59 Å². The molecule has 1 aromatic heterocycles. The summed E-state index contributed by atoms with van der Waals surface area (Å²) in [6.45, 7) is 5.81. The Kier molecular flexibility index (Phi) is 6.44. The number of carbonyl (C=O) groups is 2. The average molecular weight is 403 g/mol. The van der Waals surface area contributed by atoms with Crippen molar-refractivity contribution >= 4 is 22.5 Å². The van der Waals surface area contributed by atoms with Crippen molar-refractivity contribution in [2.24, 2.45) is 5.92 Å². The first-order chi connectivity index (χ1) is 14.7. The number of nitrogens with zero attached hydrogens (tertiary/aromatic N) is 2. The van der Waals surface area contributed by atoms with Crippen LogP contribution in [0, 0.1) is 5.92 Å². The Morgan fingerprint density at radius 3 is 2.37 bits per heavy atom. The minimum atomic E-state index is 0.152. The summed E-state index contributed by atoms with van der Waals surface area (Å²) in [4.78, 5) is 27.4. The number of likely N-dealkylation sites (tertiary alicyclic amines) is 1. The van der Waals surface area contributed by atoms with Crippen molar-refractivity contribution in [1.82, 2.24) is 9.47 Å². The average Bonchev–Trinajstić information content (AvgIpc) is 3.18. The lowest BCUT2D eigenvalue weighted by Gasteiger charge is -2.31. The van der Waals surface area contributed by atoms with Gasteiger partial charge in [-0.25, -0.2) is 0 Å². The molecule has 4 nitrogen and oxygen atoms in total. The van der Waals surface area contributed by atoms with Gasteiger partial charge in [-0.05, 0) is 45.0 Å². The summed E-state index contributed by atoms with van der Waals surface area (Å²) in [6, 6.07) is 17.9. The molecule has 0 N–H and O–H groups in total. The van der Waals surface area contributed by atoms with Gasteiger partial charge in [0, 0.05) is 47.1 Å². The molecule has 1 fully saturated rings. The predicted molar refractivity (Wildman–Crippen MR) is 121 cm³/mol. The monoisotopic (exact) mass is 402 g/mol. The molecule has 0 atom stereocenters. The predicted octanol–water partition coefficient (Wildman–Crippen LogP) is 5.22. The maximum absolute atomic E-state index is 12.7. The number of hydrogen-bond acceptors (Lipinski definition) is 3. The number of aryl methyl sites for hydroxylation is 1. The second-order valence-corrected chi connectivity index (χ2v) is 8.23. The molecule has 0 bridgehead atoms. The van der Waals surface area contributed by atoms with Crippen LogP contribution in [0.1, 0.15) is 53.3 Å². The standard InChI is InChI=1S/C26H30N2O2/c1-2-25(29)23-19-28(24-12-7-6-11-22(23)24)16-8-15-27-17-13-21(14-18-27)26(30)20-9-4-3-5-10-20/h3-7,9-12,19,21H,2,8,13-18H2,1H3. The van der Waals surface area contributed by atoms with Crippen LogP contribution in [-0.4, -0.2) is 40.7 Å². The molecule has 2 heterocycles. The molecule has 0 aliphatic carbocycles. The zero-order valence-corrected chi connectivity index (χ0v) is 17.7. The molecule has 0 radical (unpaired) electrons. The summed E-state index contributed by atoms with van der Waals surface area (Å²) >= 11 is 0. The van der Waals surface area contributed by atoms with E-state index in [-0.39, 0.29) is 11.7 Å². The third-order valence-corrected chi connectivity index (χ3v) is 6.30. The third kappa shape index (κ3) is 4.39. The number of para-hydroxylation sites is 1. The van der Waals surface area contributed by atoms with Crippen LogP contribution in [0.15, 0.2) is 60.8 Å². The molecule has 2 aromatic carbocycles. The SMILES string of the molecule is CCC(=O)c1cn(CCCN2CCC(C(=O)c3ccccc3)CC2)c2ccccc12. The molecule has 0 unspecified atom stereocenters. The molecule has 1 aliphatic rings. The first kappa shape index (κ1) is 20.5. The van der Waals surface area contributed by atoms with E-state index in [0.717, 1.165) is 67.5 Å². The Balaban J connectivity index is 1.31. The van der Waals surface area contributed by atoms with E-state index in [1.165, 1.54) is 0 Å². The van der Waals surface area contributed by atoms with Gasteiger partial charge in [0.05, 0.1) is 0 Å². The Hall–Kier alpha value is -2.72. The number of carbonyl (C=O) groups excluding carboxylic acids is 2. The topological polar surface area (TPSA) is 42.3 Å². The summed E-state index contributed by atoms with van der Waals surface area (Å²) in [5.41, 5.74) is 2.82. The molecule has 30 heavy (non-hydrogen) atoms. The number of aromatic nitrogens is 1. The fourth-order valence-electron chi connectivity index (χ4n) is 4.57. The molecule has 0 spiro atoms. The fraction of sp³-hybridized carbons (Fsp3) is 0.385. The zero-order valence-electron chi connectivity index (χ0n) is 17.7. The van der Waals surface area contributed by atoms with Crippen LogP contribution in [0.2, 0.25) is 0 Å². The van der Waals surface area contributed by atoms with Crippen molar-refractivity contribution in [3.05, 3.63) is 71.9 Å². The number of ketones is 2. The molecular formula is C26H30N2O2. The summed E-state index contributed by atoms with van der Waals surface area (Å²) in [6.07, 6.45) is 5.48. The normalized spacial score (nSPS) is 15.5. The van der Waals surface area contributed by atoms with E-state index in [0.29, 0.717) is 12.2 Å². The van der Waals surface area contributed by atoms with E-state index in [1.54, 1.807) is 0 Å². The second kappa shape index (κ2) is 9.40. The van der Waals surface area contributed by atoms with Crippen LogP contribution in [0.3, 0.4) is 0 Å². The van der Waals surface area contributed by atoms with Crippen LogP contribution in [0.25, 0.3) is 10.9 Å². The van der Waals surface area contributed by atoms with Gasteiger partial charge in [0.15, 0.2) is 11.6 Å². The number of hydrogen-bond donors (Lipinski definition) is 0. The van der Waals surface area contributed by atoms with Gasteiger partial charge in [0.1, 0.15) is 0 Å². The van der Waals surface area contributed by atoms with E-state index < -0.39 is 0 Å². The minimum absolute atomic E-state index is 0.152. The number of Topliss-reactive ketones (excluding diaryl/α,β-unsaturated/α-hetero) is 2. The number of piperidine rings is 1. The Bertz CT molecular complexity index is 1010. The lowest BCUT2D eigenvalue weighted by atomic mass is 9.89. The van der Waals surface area contributed by atoms with Crippen molar-refractivity contribution in [3.63, 3.8) is 0 Å². The van der Waals surface area contributed by atoms with Crippen LogP contribution >= 0.6 is 0 Å². The maximum Gasteiger partial charge on any atom is 0.166 e. The second-order valence-electron chi connectivity index (χ2n) is 8.23. The first-order valence-corrected chi connectivity index (χ1v) is 11.1. The van der Waals surface area contributed by atoms with Gasteiger partial charge in [-0.3, -0.25) is 9.59 Å². The summed E-state index contributed by atoms with van der Waals surface area (Å²) in [7, 11) is 0. The Morgan fingerprint density at radius 1 is 0.933 bits per heavy atom. The quantitative estimate of drug-likeness (QED) is 0.485. The Labute approximate surface area is 178 Å². The molecular weight excluding hydrogens is 372 g/mol. The van der Waals surface area contributed by atoms with Crippen LogP contribution < -0.4 is 0 Å². The number of fused-ring (bicyclic) bond motifs is 1. The lowest BCUT2D eigenvalue weighted by molar-refractivity contribution is 0.0838. The third-order valence-electron chi connectivity index (χ3n) is 6.30. The summed E-state index contributed by atoms with van der Waals surface area (Å²) in [5.74, 6) is 0.650. The lowest BCUT2D eigenvalue weighted by Crippen LogP contribution is -2.37. The van der Waals surface area contributed by atoms with Gasteiger partial charge < -0.3 is 9.47 Å². The fourth-order valence-corrected chi connectivity index (χ4v) is 4.57. The van der Waals surface area contributed by atoms with E-state index >= 15 is 0 Å². The van der Waals surface area contributed by atoms with Gasteiger partial charge >= 0.3 is 0 Å². The first-order valence-electron chi connectivity index (χ1n) is 11.1. The molecule has 0 amide bonds. The van der Waals surface area contributed by atoms with E-state index in [1.807, 2.05) is 61.7 Å².